The van der Waals surface area contributed by atoms with E-state index in [4.69, 9.17) is 0 Å². The number of non-ortho nitro benzene ring substituents is 1. The van der Waals surface area contributed by atoms with Crippen LogP contribution < -0.4 is 0 Å². The van der Waals surface area contributed by atoms with Gasteiger partial charge in [0.2, 0.25) is 0 Å². The average Bonchev–Trinajstić information content (AvgIpc) is 2.74. The average molecular weight is 362 g/mol. The molecule has 0 N–H and O–H groups in total. The van der Waals surface area contributed by atoms with Crippen LogP contribution in [-0.2, 0) is 0 Å². The van der Waals surface area contributed by atoms with Crippen LogP contribution in [0.3, 0.4) is 0 Å². The van der Waals surface area contributed by atoms with E-state index in [9.17, 15) is 10.1 Å². The lowest BCUT2D eigenvalue weighted by Crippen LogP contribution is -2.36. The van der Waals surface area contributed by atoms with E-state index in [1.165, 1.54) is 37.0 Å². The van der Waals surface area contributed by atoms with Gasteiger partial charge >= 0.3 is 0 Å². The Bertz CT molecular complexity index is 856. The Balaban J connectivity index is 1.66. The van der Waals surface area contributed by atoms with E-state index in [0.29, 0.717) is 6.04 Å². The fourth-order valence-corrected chi connectivity index (χ4v) is 3.87. The fourth-order valence-electron chi connectivity index (χ4n) is 3.87. The minimum absolute atomic E-state index is 0.0250. The SMILES string of the molecule is O=[N+]([O-])c1ccc(C2=CC(c3ccccc3)N(C3CCCCC3)N=N2)cc1. The fraction of sp³-hybridized carbons (Fsp3) is 0.333. The van der Waals surface area contributed by atoms with Gasteiger partial charge in [-0.2, -0.15) is 0 Å². The number of nitro groups is 1. The molecule has 1 aliphatic carbocycles. The smallest absolute Gasteiger partial charge is 0.264 e. The highest BCUT2D eigenvalue weighted by atomic mass is 16.6. The molecule has 27 heavy (non-hydrogen) atoms. The molecule has 138 valence electrons. The van der Waals surface area contributed by atoms with Gasteiger partial charge in [0, 0.05) is 23.7 Å². The standard InChI is InChI=1S/C21H22N4O2/c26-25(27)19-13-11-16(12-14-19)20-15-21(17-7-3-1-4-8-17)24(23-22-20)18-9-5-2-6-10-18/h1,3-4,7-8,11-15,18,21H,2,5-6,9-10H2. The summed E-state index contributed by atoms with van der Waals surface area (Å²) in [6, 6.07) is 17.3. The number of hydrogen-bond donors (Lipinski definition) is 0. The van der Waals surface area contributed by atoms with Crippen LogP contribution in [0.25, 0.3) is 5.70 Å². The zero-order valence-corrected chi connectivity index (χ0v) is 15.1. The summed E-state index contributed by atoms with van der Waals surface area (Å²) in [7, 11) is 0. The predicted octanol–water partition coefficient (Wildman–Crippen LogP) is 5.69. The summed E-state index contributed by atoms with van der Waals surface area (Å²) in [6.45, 7) is 0. The largest absolute Gasteiger partial charge is 0.269 e. The highest BCUT2D eigenvalue weighted by Crippen LogP contribution is 2.37. The maximum atomic E-state index is 10.9. The topological polar surface area (TPSA) is 71.1 Å². The first-order chi connectivity index (χ1) is 13.2. The molecule has 0 spiro atoms. The molecule has 1 heterocycles. The van der Waals surface area contributed by atoms with Gasteiger partial charge in [0.1, 0.15) is 0 Å². The third kappa shape index (κ3) is 3.74. The molecule has 1 aliphatic heterocycles. The normalized spacial score (nSPS) is 20.4. The van der Waals surface area contributed by atoms with Crippen LogP contribution in [0.15, 0.2) is 71.0 Å². The summed E-state index contributed by atoms with van der Waals surface area (Å²) in [4.78, 5) is 10.5. The first-order valence-corrected chi connectivity index (χ1v) is 9.44. The second-order valence-electron chi connectivity index (χ2n) is 7.07. The van der Waals surface area contributed by atoms with E-state index in [1.807, 2.05) is 18.2 Å². The van der Waals surface area contributed by atoms with E-state index in [-0.39, 0.29) is 11.7 Å². The zero-order chi connectivity index (χ0) is 18.6. The quantitative estimate of drug-likeness (QED) is 0.518. The lowest BCUT2D eigenvalue weighted by atomic mass is 9.92. The maximum absolute atomic E-state index is 10.9. The van der Waals surface area contributed by atoms with Crippen molar-refractivity contribution in [1.29, 1.82) is 0 Å². The molecule has 0 bridgehead atoms. The van der Waals surface area contributed by atoms with Crippen LogP contribution in [0.4, 0.5) is 5.69 Å². The van der Waals surface area contributed by atoms with Crippen LogP contribution in [0, 0.1) is 10.1 Å². The first-order valence-electron chi connectivity index (χ1n) is 9.44. The Labute approximate surface area is 158 Å². The monoisotopic (exact) mass is 362 g/mol. The van der Waals surface area contributed by atoms with E-state index < -0.39 is 4.92 Å². The number of nitrogens with zero attached hydrogens (tertiary/aromatic N) is 4. The summed E-state index contributed by atoms with van der Waals surface area (Å²) >= 11 is 0. The highest BCUT2D eigenvalue weighted by molar-refractivity contribution is 5.66. The van der Waals surface area contributed by atoms with Crippen molar-refractivity contribution in [3.8, 4) is 0 Å². The molecule has 0 amide bonds. The Hall–Kier alpha value is -3.02. The van der Waals surface area contributed by atoms with Gasteiger partial charge in [-0.1, -0.05) is 54.8 Å². The number of nitro benzene ring substituents is 1. The molecule has 1 saturated carbocycles. The van der Waals surface area contributed by atoms with Crippen molar-refractivity contribution in [1.82, 2.24) is 5.01 Å². The Kier molecular flexibility index (Phi) is 4.96. The molecule has 1 atom stereocenters. The van der Waals surface area contributed by atoms with Gasteiger partial charge in [-0.25, -0.2) is 0 Å². The maximum Gasteiger partial charge on any atom is 0.269 e. The Morgan fingerprint density at radius 2 is 1.67 bits per heavy atom. The van der Waals surface area contributed by atoms with Crippen molar-refractivity contribution in [3.05, 3.63) is 81.9 Å². The molecule has 0 saturated heterocycles. The van der Waals surface area contributed by atoms with E-state index in [1.54, 1.807) is 12.1 Å². The minimum atomic E-state index is -0.391. The third-order valence-electron chi connectivity index (χ3n) is 5.32. The lowest BCUT2D eigenvalue weighted by Gasteiger charge is -2.37. The number of hydrogen-bond acceptors (Lipinski definition) is 5. The van der Waals surface area contributed by atoms with Crippen LogP contribution in [0.2, 0.25) is 0 Å². The van der Waals surface area contributed by atoms with Gasteiger partial charge < -0.3 is 0 Å². The minimum Gasteiger partial charge on any atom is -0.264 e. The van der Waals surface area contributed by atoms with Crippen molar-refractivity contribution in [2.45, 2.75) is 44.2 Å². The van der Waals surface area contributed by atoms with Gasteiger partial charge in [0.05, 0.1) is 16.7 Å². The Morgan fingerprint density at radius 1 is 0.963 bits per heavy atom. The van der Waals surface area contributed by atoms with E-state index in [2.05, 4.69) is 33.6 Å². The molecule has 2 aliphatic rings. The summed E-state index contributed by atoms with van der Waals surface area (Å²) in [5.41, 5.74) is 2.86. The molecule has 2 aromatic carbocycles. The zero-order valence-electron chi connectivity index (χ0n) is 15.1. The lowest BCUT2D eigenvalue weighted by molar-refractivity contribution is -0.384. The van der Waals surface area contributed by atoms with Crippen LogP contribution in [-0.4, -0.2) is 16.0 Å². The van der Waals surface area contributed by atoms with Crippen LogP contribution in [0.5, 0.6) is 0 Å². The van der Waals surface area contributed by atoms with Gasteiger partial charge in [-0.15, -0.1) is 5.11 Å². The second kappa shape index (κ2) is 7.70. The molecule has 6 heteroatoms. The molecule has 0 radical (unpaired) electrons. The second-order valence-corrected chi connectivity index (χ2v) is 7.07. The molecule has 1 fully saturated rings. The summed E-state index contributed by atoms with van der Waals surface area (Å²) < 4.78 is 0. The van der Waals surface area contributed by atoms with Gasteiger partial charge in [-0.05, 0) is 36.6 Å². The molecule has 2 aromatic rings. The highest BCUT2D eigenvalue weighted by Gasteiger charge is 2.29. The number of rotatable bonds is 4. The Morgan fingerprint density at radius 3 is 2.33 bits per heavy atom. The molecular formula is C21H22N4O2. The van der Waals surface area contributed by atoms with Gasteiger partial charge in [-0.3, -0.25) is 15.1 Å². The molecule has 0 aromatic heterocycles. The molecular weight excluding hydrogens is 340 g/mol. The van der Waals surface area contributed by atoms with Crippen LogP contribution in [0.1, 0.15) is 49.3 Å². The van der Waals surface area contributed by atoms with E-state index in [0.717, 1.165) is 24.1 Å². The van der Waals surface area contributed by atoms with Crippen molar-refractivity contribution in [2.75, 3.05) is 0 Å². The van der Waals surface area contributed by atoms with Gasteiger partial charge in [0.15, 0.2) is 0 Å². The van der Waals surface area contributed by atoms with Crippen molar-refractivity contribution in [3.63, 3.8) is 0 Å². The van der Waals surface area contributed by atoms with Crippen LogP contribution >= 0.6 is 0 Å². The van der Waals surface area contributed by atoms with Crippen molar-refractivity contribution in [2.24, 2.45) is 10.3 Å². The molecule has 1 unspecified atom stereocenters. The summed E-state index contributed by atoms with van der Waals surface area (Å²) in [5.74, 6) is 0. The summed E-state index contributed by atoms with van der Waals surface area (Å²) in [5, 5.41) is 22.1. The summed E-state index contributed by atoms with van der Waals surface area (Å²) in [6.07, 6.45) is 8.17. The van der Waals surface area contributed by atoms with E-state index >= 15 is 0 Å². The van der Waals surface area contributed by atoms with Crippen molar-refractivity contribution >= 4 is 11.4 Å². The first kappa shape index (κ1) is 17.4. The third-order valence-corrected chi connectivity index (χ3v) is 5.32. The number of benzene rings is 2. The predicted molar refractivity (Wildman–Crippen MR) is 104 cm³/mol. The molecule has 4 rings (SSSR count). The van der Waals surface area contributed by atoms with Gasteiger partial charge in [0.25, 0.3) is 5.69 Å². The van der Waals surface area contributed by atoms with Crippen molar-refractivity contribution < 1.29 is 4.92 Å². The molecule has 6 nitrogen and oxygen atoms in total.